The standard InChI is InChI=1S/C6H14N2O.ClH/c1-6(9)8(3)5-4-7-2;/h7H,4-5H2,1-3H3;1H. The van der Waals surface area contributed by atoms with Crippen LogP contribution in [0, 0.1) is 0 Å². The van der Waals surface area contributed by atoms with Crippen molar-refractivity contribution in [1.82, 2.24) is 10.2 Å². The average molecular weight is 167 g/mol. The van der Waals surface area contributed by atoms with Gasteiger partial charge in [-0.1, -0.05) is 0 Å². The number of hydrogen-bond donors (Lipinski definition) is 1. The maximum Gasteiger partial charge on any atom is 0.219 e. The van der Waals surface area contributed by atoms with Gasteiger partial charge in [-0.15, -0.1) is 12.4 Å². The van der Waals surface area contributed by atoms with Gasteiger partial charge in [0.25, 0.3) is 0 Å². The Morgan fingerprint density at radius 3 is 2.40 bits per heavy atom. The van der Waals surface area contributed by atoms with E-state index in [4.69, 9.17) is 0 Å². The van der Waals surface area contributed by atoms with Crippen LogP contribution in [0.1, 0.15) is 6.92 Å². The Balaban J connectivity index is 0. The molecule has 0 atom stereocenters. The molecule has 0 rings (SSSR count). The van der Waals surface area contributed by atoms with Crippen LogP contribution in [0.5, 0.6) is 0 Å². The van der Waals surface area contributed by atoms with E-state index in [0.29, 0.717) is 0 Å². The van der Waals surface area contributed by atoms with Crippen LogP contribution in [0.15, 0.2) is 0 Å². The molecule has 10 heavy (non-hydrogen) atoms. The summed E-state index contributed by atoms with van der Waals surface area (Å²) in [6.45, 7) is 3.21. The van der Waals surface area contributed by atoms with E-state index in [9.17, 15) is 4.79 Å². The minimum atomic E-state index is 0. The Morgan fingerprint density at radius 2 is 2.10 bits per heavy atom. The zero-order chi connectivity index (χ0) is 7.28. The van der Waals surface area contributed by atoms with Gasteiger partial charge in [0.1, 0.15) is 0 Å². The zero-order valence-electron chi connectivity index (χ0n) is 6.68. The van der Waals surface area contributed by atoms with Crippen LogP contribution in [-0.2, 0) is 4.79 Å². The second kappa shape index (κ2) is 6.83. The van der Waals surface area contributed by atoms with Crippen LogP contribution >= 0.6 is 12.4 Å². The molecule has 0 aliphatic carbocycles. The Hall–Kier alpha value is -0.280. The normalized spacial score (nSPS) is 8.30. The molecule has 0 unspecified atom stereocenters. The molecule has 0 aliphatic rings. The molecule has 0 fully saturated rings. The van der Waals surface area contributed by atoms with Crippen molar-refractivity contribution in [3.05, 3.63) is 0 Å². The number of carbonyl (C=O) groups excluding carboxylic acids is 1. The van der Waals surface area contributed by atoms with Gasteiger partial charge in [-0.3, -0.25) is 4.79 Å². The number of carbonyl (C=O) groups is 1. The maximum atomic E-state index is 10.5. The summed E-state index contributed by atoms with van der Waals surface area (Å²) in [6, 6.07) is 0. The number of nitrogens with one attached hydrogen (secondary N) is 1. The number of halogens is 1. The lowest BCUT2D eigenvalue weighted by Gasteiger charge is -2.13. The Morgan fingerprint density at radius 1 is 1.60 bits per heavy atom. The van der Waals surface area contributed by atoms with E-state index in [-0.39, 0.29) is 18.3 Å². The molecule has 0 aromatic heterocycles. The van der Waals surface area contributed by atoms with Gasteiger partial charge in [0.15, 0.2) is 0 Å². The van der Waals surface area contributed by atoms with Crippen LogP contribution < -0.4 is 5.32 Å². The third-order valence-corrected chi connectivity index (χ3v) is 1.23. The van der Waals surface area contributed by atoms with Crippen molar-refractivity contribution in [3.63, 3.8) is 0 Å². The molecule has 0 heterocycles. The first-order valence-corrected chi connectivity index (χ1v) is 3.04. The lowest BCUT2D eigenvalue weighted by atomic mass is 10.5. The van der Waals surface area contributed by atoms with Crippen molar-refractivity contribution in [3.8, 4) is 0 Å². The molecular weight excluding hydrogens is 152 g/mol. The first-order valence-electron chi connectivity index (χ1n) is 3.04. The van der Waals surface area contributed by atoms with E-state index >= 15 is 0 Å². The summed E-state index contributed by atoms with van der Waals surface area (Å²) < 4.78 is 0. The van der Waals surface area contributed by atoms with Gasteiger partial charge in [0, 0.05) is 27.1 Å². The molecule has 0 aromatic rings. The highest BCUT2D eigenvalue weighted by Gasteiger charge is 1.97. The lowest BCUT2D eigenvalue weighted by molar-refractivity contribution is -0.127. The highest BCUT2D eigenvalue weighted by Crippen LogP contribution is 1.79. The van der Waals surface area contributed by atoms with Crippen molar-refractivity contribution in [2.24, 2.45) is 0 Å². The SMILES string of the molecule is CNCCN(C)C(C)=O.Cl. The molecule has 0 radical (unpaired) electrons. The molecule has 4 heteroatoms. The molecule has 0 aromatic carbocycles. The molecule has 3 nitrogen and oxygen atoms in total. The van der Waals surface area contributed by atoms with Gasteiger partial charge in [0.05, 0.1) is 0 Å². The van der Waals surface area contributed by atoms with Crippen molar-refractivity contribution >= 4 is 18.3 Å². The predicted molar refractivity (Wildman–Crippen MR) is 44.5 cm³/mol. The van der Waals surface area contributed by atoms with Gasteiger partial charge in [-0.25, -0.2) is 0 Å². The van der Waals surface area contributed by atoms with Crippen LogP contribution in [0.25, 0.3) is 0 Å². The monoisotopic (exact) mass is 166 g/mol. The molecule has 0 saturated carbocycles. The summed E-state index contributed by atoms with van der Waals surface area (Å²) in [6.07, 6.45) is 0. The highest BCUT2D eigenvalue weighted by molar-refractivity contribution is 5.85. The van der Waals surface area contributed by atoms with Gasteiger partial charge < -0.3 is 10.2 Å². The Bertz CT molecular complexity index is 97.7. The van der Waals surface area contributed by atoms with Crippen LogP contribution in [0.4, 0.5) is 0 Å². The summed E-state index contributed by atoms with van der Waals surface area (Å²) >= 11 is 0. The minimum Gasteiger partial charge on any atom is -0.345 e. The molecule has 1 N–H and O–H groups in total. The Kier molecular flexibility index (Phi) is 8.48. The van der Waals surface area contributed by atoms with E-state index < -0.39 is 0 Å². The second-order valence-electron chi connectivity index (χ2n) is 2.04. The van der Waals surface area contributed by atoms with Crippen molar-refractivity contribution in [2.75, 3.05) is 27.2 Å². The summed E-state index contributed by atoms with van der Waals surface area (Å²) in [5.41, 5.74) is 0. The van der Waals surface area contributed by atoms with Crippen LogP contribution in [-0.4, -0.2) is 38.0 Å². The first-order chi connectivity index (χ1) is 4.18. The zero-order valence-corrected chi connectivity index (χ0v) is 7.49. The minimum absolute atomic E-state index is 0. The van der Waals surface area contributed by atoms with E-state index in [1.807, 2.05) is 7.05 Å². The van der Waals surface area contributed by atoms with Crippen molar-refractivity contribution in [2.45, 2.75) is 6.92 Å². The first kappa shape index (κ1) is 12.4. The maximum absolute atomic E-state index is 10.5. The fourth-order valence-electron chi connectivity index (χ4n) is 0.437. The van der Waals surface area contributed by atoms with Gasteiger partial charge in [0.2, 0.25) is 5.91 Å². The molecule has 0 saturated heterocycles. The van der Waals surface area contributed by atoms with Gasteiger partial charge in [-0.2, -0.15) is 0 Å². The van der Waals surface area contributed by atoms with E-state index in [1.54, 1.807) is 18.9 Å². The van der Waals surface area contributed by atoms with E-state index in [0.717, 1.165) is 13.1 Å². The quantitative estimate of drug-likeness (QED) is 0.646. The molecule has 0 spiro atoms. The lowest BCUT2D eigenvalue weighted by Crippen LogP contribution is -2.30. The largest absolute Gasteiger partial charge is 0.345 e. The summed E-state index contributed by atoms with van der Waals surface area (Å²) in [5, 5.41) is 2.96. The number of rotatable bonds is 3. The van der Waals surface area contributed by atoms with Crippen LogP contribution in [0.3, 0.4) is 0 Å². The van der Waals surface area contributed by atoms with Crippen molar-refractivity contribution in [1.29, 1.82) is 0 Å². The fraction of sp³-hybridized carbons (Fsp3) is 0.833. The van der Waals surface area contributed by atoms with Gasteiger partial charge in [-0.05, 0) is 7.05 Å². The Labute approximate surface area is 68.2 Å². The summed E-state index contributed by atoms with van der Waals surface area (Å²) in [4.78, 5) is 12.2. The van der Waals surface area contributed by atoms with E-state index in [1.165, 1.54) is 0 Å². The van der Waals surface area contributed by atoms with E-state index in [2.05, 4.69) is 5.32 Å². The number of likely N-dealkylation sites (N-methyl/N-ethyl adjacent to an activating group) is 2. The third-order valence-electron chi connectivity index (χ3n) is 1.23. The smallest absolute Gasteiger partial charge is 0.219 e. The summed E-state index contributed by atoms with van der Waals surface area (Å²) in [7, 11) is 3.66. The fourth-order valence-corrected chi connectivity index (χ4v) is 0.437. The second-order valence-corrected chi connectivity index (χ2v) is 2.04. The molecule has 0 aliphatic heterocycles. The highest BCUT2D eigenvalue weighted by atomic mass is 35.5. The molecule has 62 valence electrons. The molecule has 1 amide bonds. The predicted octanol–water partition coefficient (Wildman–Crippen LogP) is 0.106. The van der Waals surface area contributed by atoms with Crippen LogP contribution in [0.2, 0.25) is 0 Å². The third kappa shape index (κ3) is 5.85. The number of nitrogens with zero attached hydrogens (tertiary/aromatic N) is 1. The number of hydrogen-bond acceptors (Lipinski definition) is 2. The van der Waals surface area contributed by atoms with Crippen molar-refractivity contribution < 1.29 is 4.79 Å². The average Bonchev–Trinajstić information content (AvgIpc) is 1.82. The van der Waals surface area contributed by atoms with Gasteiger partial charge >= 0.3 is 0 Å². The molecule has 0 bridgehead atoms. The number of amides is 1. The topological polar surface area (TPSA) is 32.3 Å². The summed E-state index contributed by atoms with van der Waals surface area (Å²) in [5.74, 6) is 0.116. The molecular formula is C6H15ClN2O.